The Morgan fingerprint density at radius 1 is 1.62 bits per heavy atom. The van der Waals surface area contributed by atoms with Gasteiger partial charge in [0.25, 0.3) is 0 Å². The molecular formula is C6H10LiN. The second-order valence-electron chi connectivity index (χ2n) is 1.13. The summed E-state index contributed by atoms with van der Waals surface area (Å²) in [5.41, 5.74) is 0. The second-order valence-corrected chi connectivity index (χ2v) is 1.13. The average molecular weight is 103 g/mol. The molecule has 0 atom stereocenters. The molecule has 0 heterocycles. The summed E-state index contributed by atoms with van der Waals surface area (Å²) in [5.74, 6) is 5.32. The fraction of sp³-hybridized carbons (Fsp3) is 0.500. The van der Waals surface area contributed by atoms with Crippen LogP contribution in [0.25, 0.3) is 0 Å². The van der Waals surface area contributed by atoms with Crippen LogP contribution < -0.4 is 24.2 Å². The fourth-order valence-electron chi connectivity index (χ4n) is 0.250. The van der Waals surface area contributed by atoms with Gasteiger partial charge in [0.1, 0.15) is 0 Å². The van der Waals surface area contributed by atoms with E-state index in [1.807, 2.05) is 6.92 Å². The third kappa shape index (κ3) is 9.37. The van der Waals surface area contributed by atoms with E-state index >= 15 is 0 Å². The molecule has 0 bridgehead atoms. The summed E-state index contributed by atoms with van der Waals surface area (Å²) in [7, 11) is 0. The molecule has 0 aromatic rings. The van der Waals surface area contributed by atoms with Crippen LogP contribution in [0.4, 0.5) is 0 Å². The van der Waals surface area contributed by atoms with Crippen molar-refractivity contribution in [2.24, 2.45) is 0 Å². The number of hydrogen-bond donors (Lipinski definition) is 1. The quantitative estimate of drug-likeness (QED) is 0.175. The SMILES string of the molecule is [CH2-]C#CCNCC.[Li+]. The van der Waals surface area contributed by atoms with E-state index in [0.717, 1.165) is 13.1 Å². The second kappa shape index (κ2) is 10.1. The minimum atomic E-state index is 0. The Hall–Kier alpha value is -0.0126. The summed E-state index contributed by atoms with van der Waals surface area (Å²) in [6.07, 6.45) is 0. The van der Waals surface area contributed by atoms with Crippen LogP contribution in [0.3, 0.4) is 0 Å². The van der Waals surface area contributed by atoms with Gasteiger partial charge in [0.05, 0.1) is 0 Å². The van der Waals surface area contributed by atoms with Crippen molar-refractivity contribution < 1.29 is 18.9 Å². The van der Waals surface area contributed by atoms with E-state index in [-0.39, 0.29) is 18.9 Å². The molecule has 0 unspecified atom stereocenters. The van der Waals surface area contributed by atoms with E-state index in [1.165, 1.54) is 0 Å². The van der Waals surface area contributed by atoms with Gasteiger partial charge in [-0.05, 0) is 13.1 Å². The zero-order chi connectivity index (χ0) is 5.54. The molecule has 2 heteroatoms. The molecule has 0 aromatic carbocycles. The van der Waals surface area contributed by atoms with Gasteiger partial charge >= 0.3 is 18.9 Å². The first kappa shape index (κ1) is 10.9. The summed E-state index contributed by atoms with van der Waals surface area (Å²) in [6, 6.07) is 0. The molecule has 0 saturated heterocycles. The maximum atomic E-state index is 3.36. The van der Waals surface area contributed by atoms with E-state index in [4.69, 9.17) is 0 Å². The van der Waals surface area contributed by atoms with Crippen LogP contribution in [0.5, 0.6) is 0 Å². The average Bonchev–Trinajstić information content (AvgIpc) is 1.69. The summed E-state index contributed by atoms with van der Waals surface area (Å²) in [5, 5.41) is 3.04. The van der Waals surface area contributed by atoms with Gasteiger partial charge in [-0.25, -0.2) is 0 Å². The van der Waals surface area contributed by atoms with Crippen molar-refractivity contribution in [1.82, 2.24) is 5.32 Å². The molecule has 0 aliphatic rings. The molecule has 1 N–H and O–H groups in total. The molecule has 0 radical (unpaired) electrons. The first-order valence-corrected chi connectivity index (χ1v) is 2.37. The van der Waals surface area contributed by atoms with Crippen molar-refractivity contribution in [3.8, 4) is 11.8 Å². The Morgan fingerprint density at radius 2 is 2.25 bits per heavy atom. The minimum Gasteiger partial charge on any atom is -0.324 e. The summed E-state index contributed by atoms with van der Waals surface area (Å²) in [4.78, 5) is 0. The van der Waals surface area contributed by atoms with Crippen LogP contribution in [0.2, 0.25) is 0 Å². The molecule has 8 heavy (non-hydrogen) atoms. The molecule has 0 aromatic heterocycles. The van der Waals surface area contributed by atoms with Crippen molar-refractivity contribution in [1.29, 1.82) is 0 Å². The van der Waals surface area contributed by atoms with Crippen LogP contribution in [-0.4, -0.2) is 13.1 Å². The normalized spacial score (nSPS) is 6.12. The molecule has 1 nitrogen and oxygen atoms in total. The molecule has 0 aliphatic carbocycles. The number of nitrogens with one attached hydrogen (secondary N) is 1. The zero-order valence-corrected chi connectivity index (χ0v) is 5.62. The molecule has 0 aliphatic heterocycles. The molecule has 0 rings (SSSR count). The largest absolute Gasteiger partial charge is 1.00 e. The standard InChI is InChI=1S/C6H10N.Li/c1-3-5-6-7-4-2;/h7H,1,4,6H2,2H3;/q-1;+1. The first-order valence-electron chi connectivity index (χ1n) is 2.37. The van der Waals surface area contributed by atoms with E-state index in [1.54, 1.807) is 0 Å². The fourth-order valence-corrected chi connectivity index (χ4v) is 0.250. The zero-order valence-electron chi connectivity index (χ0n) is 5.62. The van der Waals surface area contributed by atoms with E-state index in [2.05, 4.69) is 24.1 Å². The Bertz CT molecular complexity index is 80.3. The molecular weight excluding hydrogens is 93.0 g/mol. The number of rotatable bonds is 2. The van der Waals surface area contributed by atoms with Crippen LogP contribution >= 0.6 is 0 Å². The Morgan fingerprint density at radius 3 is 2.62 bits per heavy atom. The van der Waals surface area contributed by atoms with Gasteiger partial charge in [0.15, 0.2) is 0 Å². The molecule has 0 spiro atoms. The Balaban J connectivity index is 0. The van der Waals surface area contributed by atoms with E-state index in [0.29, 0.717) is 0 Å². The van der Waals surface area contributed by atoms with Crippen LogP contribution in [0.1, 0.15) is 6.92 Å². The Kier molecular flexibility index (Phi) is 13.7. The van der Waals surface area contributed by atoms with Crippen molar-refractivity contribution in [2.75, 3.05) is 13.1 Å². The first-order chi connectivity index (χ1) is 3.41. The summed E-state index contributed by atoms with van der Waals surface area (Å²) in [6.45, 7) is 7.15. The van der Waals surface area contributed by atoms with Crippen molar-refractivity contribution >= 4 is 0 Å². The van der Waals surface area contributed by atoms with Crippen LogP contribution in [0, 0.1) is 18.8 Å². The van der Waals surface area contributed by atoms with Crippen molar-refractivity contribution in [2.45, 2.75) is 6.92 Å². The van der Waals surface area contributed by atoms with Crippen molar-refractivity contribution in [3.63, 3.8) is 0 Å². The van der Waals surface area contributed by atoms with Gasteiger partial charge in [-0.3, -0.25) is 5.92 Å². The third-order valence-electron chi connectivity index (χ3n) is 0.588. The smallest absolute Gasteiger partial charge is 0.324 e. The van der Waals surface area contributed by atoms with Gasteiger partial charge in [-0.1, -0.05) is 6.92 Å². The maximum Gasteiger partial charge on any atom is 1.00 e. The van der Waals surface area contributed by atoms with Crippen LogP contribution in [0.15, 0.2) is 0 Å². The third-order valence-corrected chi connectivity index (χ3v) is 0.588. The monoisotopic (exact) mass is 103 g/mol. The Labute approximate surface area is 63.4 Å². The summed E-state index contributed by atoms with van der Waals surface area (Å²) >= 11 is 0. The minimum absolute atomic E-state index is 0. The predicted molar refractivity (Wildman–Crippen MR) is 31.7 cm³/mol. The van der Waals surface area contributed by atoms with E-state index < -0.39 is 0 Å². The maximum absolute atomic E-state index is 3.36. The van der Waals surface area contributed by atoms with Gasteiger partial charge < -0.3 is 11.2 Å². The molecule has 0 fully saturated rings. The predicted octanol–water partition coefficient (Wildman–Crippen LogP) is -2.56. The summed E-state index contributed by atoms with van der Waals surface area (Å²) < 4.78 is 0. The van der Waals surface area contributed by atoms with Crippen molar-refractivity contribution in [3.05, 3.63) is 6.92 Å². The molecule has 0 amide bonds. The van der Waals surface area contributed by atoms with Gasteiger partial charge in [-0.15, -0.1) is 0 Å². The topological polar surface area (TPSA) is 12.0 Å². The number of hydrogen-bond acceptors (Lipinski definition) is 1. The molecule has 40 valence electrons. The van der Waals surface area contributed by atoms with Gasteiger partial charge in [0, 0.05) is 0 Å². The van der Waals surface area contributed by atoms with E-state index in [9.17, 15) is 0 Å². The molecule has 0 saturated carbocycles. The van der Waals surface area contributed by atoms with Gasteiger partial charge in [-0.2, -0.15) is 6.92 Å². The van der Waals surface area contributed by atoms with Gasteiger partial charge in [0.2, 0.25) is 0 Å². The van der Waals surface area contributed by atoms with Crippen LogP contribution in [-0.2, 0) is 0 Å².